The minimum Gasteiger partial charge on any atom is -0.469 e. The highest BCUT2D eigenvalue weighted by molar-refractivity contribution is 5.95. The van der Waals surface area contributed by atoms with E-state index in [9.17, 15) is 4.79 Å². The number of hydrogen-bond acceptors (Lipinski definition) is 3. The van der Waals surface area contributed by atoms with Gasteiger partial charge in [0, 0.05) is 31.9 Å². The zero-order chi connectivity index (χ0) is 13.2. The van der Waals surface area contributed by atoms with Crippen molar-refractivity contribution in [2.45, 2.75) is 26.3 Å². The van der Waals surface area contributed by atoms with Gasteiger partial charge in [0.05, 0.1) is 11.8 Å². The molecule has 0 fully saturated rings. The van der Waals surface area contributed by atoms with Crippen LogP contribution >= 0.6 is 0 Å². The van der Waals surface area contributed by atoms with E-state index in [1.165, 1.54) is 0 Å². The maximum atomic E-state index is 12.0. The molecule has 0 saturated carbocycles. The summed E-state index contributed by atoms with van der Waals surface area (Å²) in [4.78, 5) is 16.3. The number of fused-ring (bicyclic) bond motifs is 1. The van der Waals surface area contributed by atoms with Crippen molar-refractivity contribution >= 4 is 5.91 Å². The van der Waals surface area contributed by atoms with Crippen LogP contribution in [0.15, 0.2) is 29.1 Å². The minimum atomic E-state index is -0.0531. The predicted molar refractivity (Wildman–Crippen MR) is 69.8 cm³/mol. The average molecular weight is 259 g/mol. The molecule has 1 aliphatic heterocycles. The number of amides is 1. The molecule has 0 aromatic carbocycles. The van der Waals surface area contributed by atoms with E-state index < -0.39 is 0 Å². The number of imidazole rings is 1. The fraction of sp³-hybridized carbons (Fsp3) is 0.429. The Balaban J connectivity index is 1.56. The van der Waals surface area contributed by atoms with E-state index in [0.717, 1.165) is 25.2 Å². The topological polar surface area (TPSA) is 60.1 Å². The van der Waals surface area contributed by atoms with Crippen molar-refractivity contribution in [3.63, 3.8) is 0 Å². The monoisotopic (exact) mass is 259 g/mol. The summed E-state index contributed by atoms with van der Waals surface area (Å²) in [5, 5.41) is 2.99. The largest absolute Gasteiger partial charge is 0.469 e. The fourth-order valence-corrected chi connectivity index (χ4v) is 2.56. The van der Waals surface area contributed by atoms with E-state index in [-0.39, 0.29) is 5.91 Å². The second-order valence-electron chi connectivity index (χ2n) is 5.00. The Bertz CT molecular complexity index is 585. The maximum absolute atomic E-state index is 12.0. The number of nitrogens with zero attached hydrogens (tertiary/aromatic N) is 2. The molecule has 3 heterocycles. The zero-order valence-corrected chi connectivity index (χ0v) is 10.9. The van der Waals surface area contributed by atoms with Gasteiger partial charge in [-0.25, -0.2) is 4.98 Å². The molecule has 100 valence electrons. The maximum Gasteiger partial charge on any atom is 0.254 e. The van der Waals surface area contributed by atoms with Gasteiger partial charge in [0.25, 0.3) is 5.91 Å². The van der Waals surface area contributed by atoms with E-state index in [4.69, 9.17) is 4.42 Å². The fourth-order valence-electron chi connectivity index (χ4n) is 2.56. The summed E-state index contributed by atoms with van der Waals surface area (Å²) in [6, 6.07) is 1.71. The molecule has 0 radical (unpaired) electrons. The molecule has 0 saturated heterocycles. The van der Waals surface area contributed by atoms with Gasteiger partial charge in [-0.1, -0.05) is 0 Å². The van der Waals surface area contributed by atoms with Crippen molar-refractivity contribution in [1.82, 2.24) is 14.9 Å². The van der Waals surface area contributed by atoms with Crippen molar-refractivity contribution in [2.75, 3.05) is 6.54 Å². The molecule has 3 rings (SSSR count). The predicted octanol–water partition coefficient (Wildman–Crippen LogP) is 1.78. The number of rotatable bonds is 3. The van der Waals surface area contributed by atoms with Crippen molar-refractivity contribution in [3.8, 4) is 0 Å². The second-order valence-corrected chi connectivity index (χ2v) is 5.00. The Morgan fingerprint density at radius 3 is 3.32 bits per heavy atom. The van der Waals surface area contributed by atoms with Gasteiger partial charge in [0.2, 0.25) is 0 Å². The summed E-state index contributed by atoms with van der Waals surface area (Å²) < 4.78 is 7.31. The van der Waals surface area contributed by atoms with Gasteiger partial charge in [-0.05, 0) is 25.3 Å². The molecule has 1 atom stereocenters. The Kier molecular flexibility index (Phi) is 3.11. The summed E-state index contributed by atoms with van der Waals surface area (Å²) >= 11 is 0. The number of aryl methyl sites for hydroxylation is 2. The summed E-state index contributed by atoms with van der Waals surface area (Å²) in [6.45, 7) is 3.42. The van der Waals surface area contributed by atoms with Crippen LogP contribution in [-0.4, -0.2) is 22.0 Å². The van der Waals surface area contributed by atoms with Crippen LogP contribution in [0.5, 0.6) is 0 Å². The van der Waals surface area contributed by atoms with Crippen molar-refractivity contribution in [2.24, 2.45) is 5.92 Å². The van der Waals surface area contributed by atoms with Crippen LogP contribution < -0.4 is 5.32 Å². The Labute approximate surface area is 111 Å². The molecule has 2 aromatic rings. The highest BCUT2D eigenvalue weighted by Crippen LogP contribution is 2.18. The molecule has 5 nitrogen and oxygen atoms in total. The molecule has 1 N–H and O–H groups in total. The summed E-state index contributed by atoms with van der Waals surface area (Å²) in [5.41, 5.74) is 0.624. The third-order valence-corrected chi connectivity index (χ3v) is 3.69. The number of furan rings is 1. The van der Waals surface area contributed by atoms with Crippen LogP contribution in [0.25, 0.3) is 0 Å². The van der Waals surface area contributed by atoms with Gasteiger partial charge in [0.1, 0.15) is 11.6 Å². The highest BCUT2D eigenvalue weighted by Gasteiger charge is 2.20. The minimum absolute atomic E-state index is 0.0531. The normalized spacial score (nSPS) is 18.1. The van der Waals surface area contributed by atoms with Crippen LogP contribution in [0.2, 0.25) is 0 Å². The van der Waals surface area contributed by atoms with Crippen molar-refractivity contribution in [3.05, 3.63) is 41.9 Å². The van der Waals surface area contributed by atoms with E-state index in [2.05, 4.69) is 14.9 Å². The SMILES string of the molecule is Cc1occc1C(=O)NC[C@@H]1CCc2nccn2C1. The molecule has 19 heavy (non-hydrogen) atoms. The lowest BCUT2D eigenvalue weighted by atomic mass is 9.99. The lowest BCUT2D eigenvalue weighted by molar-refractivity contribution is 0.0942. The summed E-state index contributed by atoms with van der Waals surface area (Å²) in [7, 11) is 0. The molecule has 0 bridgehead atoms. The summed E-state index contributed by atoms with van der Waals surface area (Å²) in [6.07, 6.45) is 7.44. The third-order valence-electron chi connectivity index (χ3n) is 3.69. The first-order chi connectivity index (χ1) is 9.24. The number of aromatic nitrogens is 2. The van der Waals surface area contributed by atoms with E-state index in [0.29, 0.717) is 23.8 Å². The average Bonchev–Trinajstić information content (AvgIpc) is 3.03. The van der Waals surface area contributed by atoms with Crippen LogP contribution in [-0.2, 0) is 13.0 Å². The Morgan fingerprint density at radius 2 is 2.53 bits per heavy atom. The van der Waals surface area contributed by atoms with Gasteiger partial charge in [-0.2, -0.15) is 0 Å². The Morgan fingerprint density at radius 1 is 1.63 bits per heavy atom. The lowest BCUT2D eigenvalue weighted by Crippen LogP contribution is -2.33. The van der Waals surface area contributed by atoms with Crippen molar-refractivity contribution in [1.29, 1.82) is 0 Å². The third kappa shape index (κ3) is 2.41. The quantitative estimate of drug-likeness (QED) is 0.914. The molecular weight excluding hydrogens is 242 g/mol. The molecule has 2 aromatic heterocycles. The molecule has 0 unspecified atom stereocenters. The molecule has 1 amide bonds. The molecule has 0 aliphatic carbocycles. The van der Waals surface area contributed by atoms with Gasteiger partial charge >= 0.3 is 0 Å². The standard InChI is InChI=1S/C14H17N3O2/c1-10-12(4-7-19-10)14(18)16-8-11-2-3-13-15-5-6-17(13)9-11/h4-7,11H,2-3,8-9H2,1H3,(H,16,18)/t11-/m0/s1. The number of nitrogens with one attached hydrogen (secondary N) is 1. The van der Waals surface area contributed by atoms with Crippen LogP contribution in [0, 0.1) is 12.8 Å². The zero-order valence-electron chi connectivity index (χ0n) is 10.9. The van der Waals surface area contributed by atoms with Crippen LogP contribution in [0.4, 0.5) is 0 Å². The molecule has 1 aliphatic rings. The second kappa shape index (κ2) is 4.91. The van der Waals surface area contributed by atoms with E-state index in [1.54, 1.807) is 19.3 Å². The van der Waals surface area contributed by atoms with Crippen LogP contribution in [0.3, 0.4) is 0 Å². The smallest absolute Gasteiger partial charge is 0.254 e. The number of carbonyl (C=O) groups excluding carboxylic acids is 1. The van der Waals surface area contributed by atoms with Crippen molar-refractivity contribution < 1.29 is 9.21 Å². The first kappa shape index (κ1) is 12.0. The highest BCUT2D eigenvalue weighted by atomic mass is 16.3. The first-order valence-corrected chi connectivity index (χ1v) is 6.56. The molecule has 0 spiro atoms. The first-order valence-electron chi connectivity index (χ1n) is 6.56. The number of hydrogen-bond donors (Lipinski definition) is 1. The van der Waals surface area contributed by atoms with Gasteiger partial charge in [0.15, 0.2) is 0 Å². The van der Waals surface area contributed by atoms with Gasteiger partial charge in [-0.3, -0.25) is 4.79 Å². The molecule has 5 heteroatoms. The van der Waals surface area contributed by atoms with Gasteiger partial charge < -0.3 is 14.3 Å². The number of carbonyl (C=O) groups is 1. The molecular formula is C14H17N3O2. The summed E-state index contributed by atoms with van der Waals surface area (Å²) in [5.74, 6) is 2.23. The van der Waals surface area contributed by atoms with E-state index >= 15 is 0 Å². The Hall–Kier alpha value is -2.04. The van der Waals surface area contributed by atoms with Crippen LogP contribution in [0.1, 0.15) is 28.4 Å². The van der Waals surface area contributed by atoms with Gasteiger partial charge in [-0.15, -0.1) is 0 Å². The lowest BCUT2D eigenvalue weighted by Gasteiger charge is -2.23. The van der Waals surface area contributed by atoms with E-state index in [1.807, 2.05) is 12.4 Å².